The maximum absolute atomic E-state index is 12.4. The molecule has 1 aromatic rings. The molecule has 1 unspecified atom stereocenters. The average Bonchev–Trinajstić information content (AvgIpc) is 3.37. The van der Waals surface area contributed by atoms with Gasteiger partial charge in [0, 0.05) is 30.3 Å². The Balaban J connectivity index is 1.62. The van der Waals surface area contributed by atoms with E-state index in [2.05, 4.69) is 12.2 Å². The zero-order chi connectivity index (χ0) is 15.0. The van der Waals surface area contributed by atoms with Crippen LogP contribution in [-0.4, -0.2) is 29.8 Å². The molecule has 0 heterocycles. The van der Waals surface area contributed by atoms with E-state index in [1.165, 1.54) is 12.8 Å². The summed E-state index contributed by atoms with van der Waals surface area (Å²) in [4.78, 5) is 25.9. The van der Waals surface area contributed by atoms with E-state index in [1.54, 1.807) is 12.1 Å². The number of nitrogens with one attached hydrogen (secondary N) is 1. The lowest BCUT2D eigenvalue weighted by atomic mass is 10.1. The van der Waals surface area contributed by atoms with Gasteiger partial charge in [-0.25, -0.2) is 0 Å². The van der Waals surface area contributed by atoms with Crippen LogP contribution in [0.4, 0.5) is 5.69 Å². The van der Waals surface area contributed by atoms with Gasteiger partial charge >= 0.3 is 0 Å². The number of rotatable bonds is 5. The summed E-state index contributed by atoms with van der Waals surface area (Å²) in [5, 5.41) is 2.89. The highest BCUT2D eigenvalue weighted by atomic mass is 16.2. The molecule has 1 atom stereocenters. The Kier molecular flexibility index (Phi) is 3.70. The van der Waals surface area contributed by atoms with Crippen LogP contribution in [0.15, 0.2) is 24.3 Å². The molecule has 1 N–H and O–H groups in total. The van der Waals surface area contributed by atoms with E-state index in [0.29, 0.717) is 17.5 Å². The molecule has 0 bridgehead atoms. The highest BCUT2D eigenvalue weighted by Gasteiger charge is 2.33. The highest BCUT2D eigenvalue weighted by Crippen LogP contribution is 2.35. The van der Waals surface area contributed by atoms with Crippen molar-refractivity contribution in [2.75, 3.05) is 12.4 Å². The van der Waals surface area contributed by atoms with Crippen LogP contribution < -0.4 is 5.32 Å². The van der Waals surface area contributed by atoms with Crippen molar-refractivity contribution in [2.24, 2.45) is 11.8 Å². The minimum Gasteiger partial charge on any atom is -0.339 e. The molecule has 0 aromatic heterocycles. The smallest absolute Gasteiger partial charge is 0.253 e. The monoisotopic (exact) mass is 286 g/mol. The zero-order valence-corrected chi connectivity index (χ0v) is 12.6. The molecule has 0 radical (unpaired) electrons. The van der Waals surface area contributed by atoms with Gasteiger partial charge in [0.25, 0.3) is 5.91 Å². The second-order valence-electron chi connectivity index (χ2n) is 6.33. The van der Waals surface area contributed by atoms with Crippen LogP contribution in [0.5, 0.6) is 0 Å². The minimum atomic E-state index is 0.0504. The second kappa shape index (κ2) is 5.51. The van der Waals surface area contributed by atoms with E-state index in [4.69, 9.17) is 0 Å². The molecule has 21 heavy (non-hydrogen) atoms. The average molecular weight is 286 g/mol. The van der Waals surface area contributed by atoms with Gasteiger partial charge in [-0.05, 0) is 62.8 Å². The van der Waals surface area contributed by atoms with Crippen molar-refractivity contribution in [1.29, 1.82) is 0 Å². The fourth-order valence-corrected chi connectivity index (χ4v) is 2.57. The molecular formula is C17H22N2O2. The van der Waals surface area contributed by atoms with Crippen LogP contribution in [0.3, 0.4) is 0 Å². The molecule has 3 rings (SSSR count). The number of amides is 2. The first-order valence-electron chi connectivity index (χ1n) is 7.74. The minimum absolute atomic E-state index is 0.0504. The first kappa shape index (κ1) is 14.1. The van der Waals surface area contributed by atoms with E-state index in [-0.39, 0.29) is 17.7 Å². The molecule has 112 valence electrons. The Morgan fingerprint density at radius 1 is 1.14 bits per heavy atom. The summed E-state index contributed by atoms with van der Waals surface area (Å²) in [6.07, 6.45) is 4.44. The standard InChI is InChI=1S/C17H22N2O2/c1-11(12-3-4-12)19(2)17(21)14-7-9-15(10-8-14)18-16(20)13-5-6-13/h7-13H,3-6H2,1-2H3,(H,18,20). The molecule has 4 nitrogen and oxygen atoms in total. The Morgan fingerprint density at radius 2 is 1.76 bits per heavy atom. The van der Waals surface area contributed by atoms with Gasteiger partial charge < -0.3 is 10.2 Å². The third-order valence-electron chi connectivity index (χ3n) is 4.58. The summed E-state index contributed by atoms with van der Waals surface area (Å²) in [7, 11) is 1.87. The van der Waals surface area contributed by atoms with E-state index in [0.717, 1.165) is 18.5 Å². The zero-order valence-electron chi connectivity index (χ0n) is 12.6. The highest BCUT2D eigenvalue weighted by molar-refractivity contribution is 5.96. The molecule has 2 fully saturated rings. The predicted molar refractivity (Wildman–Crippen MR) is 82.1 cm³/mol. The van der Waals surface area contributed by atoms with Gasteiger partial charge in [0.1, 0.15) is 0 Å². The Morgan fingerprint density at radius 3 is 2.29 bits per heavy atom. The van der Waals surface area contributed by atoms with Gasteiger partial charge in [-0.2, -0.15) is 0 Å². The van der Waals surface area contributed by atoms with Crippen molar-refractivity contribution in [2.45, 2.75) is 38.6 Å². The molecular weight excluding hydrogens is 264 g/mol. The van der Waals surface area contributed by atoms with Crippen molar-refractivity contribution in [3.05, 3.63) is 29.8 Å². The van der Waals surface area contributed by atoms with Gasteiger partial charge in [0.05, 0.1) is 0 Å². The molecule has 1 aromatic carbocycles. The van der Waals surface area contributed by atoms with E-state index in [1.807, 2.05) is 24.1 Å². The summed E-state index contributed by atoms with van der Waals surface area (Å²) in [5.41, 5.74) is 1.44. The number of hydrogen-bond donors (Lipinski definition) is 1. The second-order valence-corrected chi connectivity index (χ2v) is 6.33. The van der Waals surface area contributed by atoms with Crippen LogP contribution in [0.25, 0.3) is 0 Å². The lowest BCUT2D eigenvalue weighted by Crippen LogP contribution is -2.36. The SMILES string of the molecule is CC(C1CC1)N(C)C(=O)c1ccc(NC(=O)C2CC2)cc1. The van der Waals surface area contributed by atoms with Crippen LogP contribution >= 0.6 is 0 Å². The molecule has 2 saturated carbocycles. The topological polar surface area (TPSA) is 49.4 Å². The Labute approximate surface area is 125 Å². The molecule has 2 aliphatic carbocycles. The maximum Gasteiger partial charge on any atom is 0.253 e. The van der Waals surface area contributed by atoms with Gasteiger partial charge in [-0.3, -0.25) is 9.59 Å². The molecule has 4 heteroatoms. The fraction of sp³-hybridized carbons (Fsp3) is 0.529. The van der Waals surface area contributed by atoms with Gasteiger partial charge in [0.15, 0.2) is 0 Å². The number of nitrogens with zero attached hydrogens (tertiary/aromatic N) is 1. The number of carbonyl (C=O) groups is 2. The van der Waals surface area contributed by atoms with Gasteiger partial charge in [-0.15, -0.1) is 0 Å². The summed E-state index contributed by atoms with van der Waals surface area (Å²) in [6, 6.07) is 7.50. The first-order chi connectivity index (χ1) is 10.1. The van der Waals surface area contributed by atoms with Crippen molar-refractivity contribution in [3.8, 4) is 0 Å². The summed E-state index contributed by atoms with van der Waals surface area (Å²) < 4.78 is 0. The maximum atomic E-state index is 12.4. The quantitative estimate of drug-likeness (QED) is 0.904. The van der Waals surface area contributed by atoms with Crippen molar-refractivity contribution < 1.29 is 9.59 Å². The van der Waals surface area contributed by atoms with Crippen molar-refractivity contribution >= 4 is 17.5 Å². The number of benzene rings is 1. The fourth-order valence-electron chi connectivity index (χ4n) is 2.57. The molecule has 0 aliphatic heterocycles. The predicted octanol–water partition coefficient (Wildman–Crippen LogP) is 2.91. The van der Waals surface area contributed by atoms with E-state index in [9.17, 15) is 9.59 Å². The summed E-state index contributed by atoms with van der Waals surface area (Å²) >= 11 is 0. The Hall–Kier alpha value is -1.84. The van der Waals surface area contributed by atoms with Gasteiger partial charge in [-0.1, -0.05) is 0 Å². The number of carbonyl (C=O) groups excluding carboxylic acids is 2. The van der Waals surface area contributed by atoms with Crippen LogP contribution in [-0.2, 0) is 4.79 Å². The lowest BCUT2D eigenvalue weighted by Gasteiger charge is -2.25. The van der Waals surface area contributed by atoms with Crippen LogP contribution in [0, 0.1) is 11.8 Å². The molecule has 0 spiro atoms. The van der Waals surface area contributed by atoms with Crippen molar-refractivity contribution in [1.82, 2.24) is 4.90 Å². The first-order valence-corrected chi connectivity index (χ1v) is 7.74. The largest absolute Gasteiger partial charge is 0.339 e. The molecule has 2 aliphatic rings. The third-order valence-corrected chi connectivity index (χ3v) is 4.58. The van der Waals surface area contributed by atoms with Crippen LogP contribution in [0.2, 0.25) is 0 Å². The third kappa shape index (κ3) is 3.26. The number of anilines is 1. The number of hydrogen-bond acceptors (Lipinski definition) is 2. The molecule has 0 saturated heterocycles. The normalized spacial score (nSPS) is 19.0. The summed E-state index contributed by atoms with van der Waals surface area (Å²) in [6.45, 7) is 2.11. The van der Waals surface area contributed by atoms with Crippen molar-refractivity contribution in [3.63, 3.8) is 0 Å². The van der Waals surface area contributed by atoms with Gasteiger partial charge in [0.2, 0.25) is 5.91 Å². The van der Waals surface area contributed by atoms with Crippen LogP contribution in [0.1, 0.15) is 43.0 Å². The lowest BCUT2D eigenvalue weighted by molar-refractivity contribution is -0.117. The molecule has 2 amide bonds. The van der Waals surface area contributed by atoms with E-state index < -0.39 is 0 Å². The Bertz CT molecular complexity index is 544. The summed E-state index contributed by atoms with van der Waals surface area (Å²) in [5.74, 6) is 0.996. The van der Waals surface area contributed by atoms with E-state index >= 15 is 0 Å².